The minimum absolute atomic E-state index is 0.192. The number of anilines is 1. The van der Waals surface area contributed by atoms with Gasteiger partial charge in [-0.25, -0.2) is 9.78 Å². The molecule has 2 aromatic carbocycles. The summed E-state index contributed by atoms with van der Waals surface area (Å²) in [6.07, 6.45) is 2.19. The number of hydrogen-bond acceptors (Lipinski definition) is 5. The van der Waals surface area contributed by atoms with Crippen LogP contribution >= 0.6 is 0 Å². The van der Waals surface area contributed by atoms with Crippen LogP contribution in [0.5, 0.6) is 0 Å². The van der Waals surface area contributed by atoms with Gasteiger partial charge in [-0.2, -0.15) is 0 Å². The van der Waals surface area contributed by atoms with E-state index in [0.29, 0.717) is 29.7 Å². The molecule has 0 spiro atoms. The van der Waals surface area contributed by atoms with E-state index in [1.54, 1.807) is 23.1 Å². The highest BCUT2D eigenvalue weighted by Gasteiger charge is 2.27. The van der Waals surface area contributed by atoms with Crippen molar-refractivity contribution < 1.29 is 14.3 Å². The fourth-order valence-corrected chi connectivity index (χ4v) is 3.06. The zero-order valence-corrected chi connectivity index (χ0v) is 13.6. The number of rotatable bonds is 2. The highest BCUT2D eigenvalue weighted by molar-refractivity contribution is 6.07. The number of carbonyl (C=O) groups excluding carboxylic acids is 2. The van der Waals surface area contributed by atoms with Crippen LogP contribution in [-0.4, -0.2) is 35.5 Å². The molecule has 0 saturated carbocycles. The fraction of sp³-hybridized carbons (Fsp3) is 0.158. The van der Waals surface area contributed by atoms with E-state index < -0.39 is 0 Å². The van der Waals surface area contributed by atoms with Gasteiger partial charge in [-0.1, -0.05) is 12.1 Å². The third-order valence-electron chi connectivity index (χ3n) is 4.31. The van der Waals surface area contributed by atoms with Gasteiger partial charge in [-0.3, -0.25) is 9.78 Å². The van der Waals surface area contributed by atoms with Crippen molar-refractivity contribution in [1.29, 1.82) is 0 Å². The van der Waals surface area contributed by atoms with Gasteiger partial charge in [0.1, 0.15) is 5.69 Å². The number of aromatic nitrogens is 2. The number of ether oxygens (including phenoxy) is 1. The average molecular weight is 333 g/mol. The number of amides is 1. The second-order valence-electron chi connectivity index (χ2n) is 5.79. The van der Waals surface area contributed by atoms with Crippen LogP contribution in [0.25, 0.3) is 11.0 Å². The van der Waals surface area contributed by atoms with E-state index in [2.05, 4.69) is 9.97 Å². The smallest absolute Gasteiger partial charge is 0.337 e. The maximum Gasteiger partial charge on any atom is 0.337 e. The van der Waals surface area contributed by atoms with Gasteiger partial charge in [-0.05, 0) is 42.3 Å². The number of esters is 1. The molecule has 4 rings (SSSR count). The number of nitrogens with zero attached hydrogens (tertiary/aromatic N) is 3. The number of fused-ring (bicyclic) bond motifs is 2. The molecule has 0 N–H and O–H groups in total. The average Bonchev–Trinajstić information content (AvgIpc) is 3.09. The second kappa shape index (κ2) is 5.98. The summed E-state index contributed by atoms with van der Waals surface area (Å²) in [6, 6.07) is 12.7. The molecule has 1 aliphatic rings. The van der Waals surface area contributed by atoms with Gasteiger partial charge in [0.05, 0.1) is 29.9 Å². The first-order valence-corrected chi connectivity index (χ1v) is 7.92. The minimum atomic E-state index is -0.382. The Morgan fingerprint density at radius 2 is 1.92 bits per heavy atom. The number of para-hydroxylation sites is 2. The SMILES string of the molecule is COC(=O)c1ccc2c(c1)CCN2C(=O)c1cnc2ccccc2n1. The molecule has 3 aromatic rings. The van der Waals surface area contributed by atoms with Crippen molar-refractivity contribution in [2.45, 2.75) is 6.42 Å². The van der Waals surface area contributed by atoms with Crippen molar-refractivity contribution >= 4 is 28.6 Å². The number of methoxy groups -OCH3 is 1. The van der Waals surface area contributed by atoms with E-state index in [1.807, 2.05) is 24.3 Å². The molecule has 0 unspecified atom stereocenters. The van der Waals surface area contributed by atoms with Gasteiger partial charge in [0.2, 0.25) is 0 Å². The standard InChI is InChI=1S/C19H15N3O3/c1-25-19(24)13-6-7-17-12(10-13)8-9-22(17)18(23)16-11-20-14-4-2-3-5-15(14)21-16/h2-7,10-11H,8-9H2,1H3. The van der Waals surface area contributed by atoms with E-state index >= 15 is 0 Å². The van der Waals surface area contributed by atoms with E-state index in [4.69, 9.17) is 4.74 Å². The Hall–Kier alpha value is -3.28. The number of benzene rings is 2. The van der Waals surface area contributed by atoms with Crippen LogP contribution in [0.3, 0.4) is 0 Å². The maximum atomic E-state index is 12.9. The lowest BCUT2D eigenvalue weighted by atomic mass is 10.1. The molecule has 0 fully saturated rings. The zero-order valence-electron chi connectivity index (χ0n) is 13.6. The van der Waals surface area contributed by atoms with Gasteiger partial charge in [-0.15, -0.1) is 0 Å². The molecule has 0 radical (unpaired) electrons. The Morgan fingerprint density at radius 1 is 1.12 bits per heavy atom. The summed E-state index contributed by atoms with van der Waals surface area (Å²) in [6.45, 7) is 0.549. The van der Waals surface area contributed by atoms with E-state index in [0.717, 1.165) is 16.8 Å². The molecular formula is C19H15N3O3. The Kier molecular flexibility index (Phi) is 3.65. The summed E-state index contributed by atoms with van der Waals surface area (Å²) in [7, 11) is 1.35. The van der Waals surface area contributed by atoms with Crippen molar-refractivity contribution in [2.24, 2.45) is 0 Å². The third kappa shape index (κ3) is 2.61. The first-order chi connectivity index (χ1) is 12.2. The van der Waals surface area contributed by atoms with Crippen LogP contribution in [0, 0.1) is 0 Å². The first kappa shape index (κ1) is 15.3. The summed E-state index contributed by atoms with van der Waals surface area (Å²) < 4.78 is 4.74. The fourth-order valence-electron chi connectivity index (χ4n) is 3.06. The quantitative estimate of drug-likeness (QED) is 0.674. The molecule has 2 heterocycles. The van der Waals surface area contributed by atoms with Crippen LogP contribution in [0.4, 0.5) is 5.69 Å². The van der Waals surface area contributed by atoms with Gasteiger partial charge >= 0.3 is 5.97 Å². The van der Waals surface area contributed by atoms with Gasteiger partial charge < -0.3 is 9.64 Å². The molecule has 6 heteroatoms. The van der Waals surface area contributed by atoms with E-state index in [9.17, 15) is 9.59 Å². The van der Waals surface area contributed by atoms with Crippen molar-refractivity contribution in [2.75, 3.05) is 18.6 Å². The van der Waals surface area contributed by atoms with Crippen LogP contribution in [0.2, 0.25) is 0 Å². The molecule has 0 bridgehead atoms. The molecule has 0 atom stereocenters. The molecule has 1 amide bonds. The lowest BCUT2D eigenvalue weighted by molar-refractivity contribution is 0.0600. The summed E-state index contributed by atoms with van der Waals surface area (Å²) in [5.74, 6) is -0.573. The topological polar surface area (TPSA) is 72.4 Å². The normalized spacial score (nSPS) is 12.9. The molecule has 0 aliphatic carbocycles. The van der Waals surface area contributed by atoms with Crippen molar-refractivity contribution in [3.05, 3.63) is 65.5 Å². The predicted molar refractivity (Wildman–Crippen MR) is 92.7 cm³/mol. The van der Waals surface area contributed by atoms with Crippen molar-refractivity contribution in [3.8, 4) is 0 Å². The molecule has 124 valence electrons. The minimum Gasteiger partial charge on any atom is -0.465 e. The summed E-state index contributed by atoms with van der Waals surface area (Å²) >= 11 is 0. The molecule has 6 nitrogen and oxygen atoms in total. The highest BCUT2D eigenvalue weighted by Crippen LogP contribution is 2.30. The highest BCUT2D eigenvalue weighted by atomic mass is 16.5. The molecule has 1 aromatic heterocycles. The van der Waals surface area contributed by atoms with Crippen LogP contribution < -0.4 is 4.90 Å². The summed E-state index contributed by atoms with van der Waals surface area (Å²) in [5, 5.41) is 0. The van der Waals surface area contributed by atoms with Gasteiger partial charge in [0, 0.05) is 12.2 Å². The monoisotopic (exact) mass is 333 g/mol. The van der Waals surface area contributed by atoms with Crippen molar-refractivity contribution in [1.82, 2.24) is 9.97 Å². The predicted octanol–water partition coefficient (Wildman–Crippen LogP) is 2.62. The first-order valence-electron chi connectivity index (χ1n) is 7.92. The number of hydrogen-bond donors (Lipinski definition) is 0. The largest absolute Gasteiger partial charge is 0.465 e. The lowest BCUT2D eigenvalue weighted by Crippen LogP contribution is -2.29. The van der Waals surface area contributed by atoms with Gasteiger partial charge in [0.15, 0.2) is 0 Å². The van der Waals surface area contributed by atoms with E-state index in [1.165, 1.54) is 13.3 Å². The Bertz CT molecular complexity index is 1000. The second-order valence-corrected chi connectivity index (χ2v) is 5.79. The van der Waals surface area contributed by atoms with Gasteiger partial charge in [0.25, 0.3) is 5.91 Å². The third-order valence-corrected chi connectivity index (χ3v) is 4.31. The maximum absolute atomic E-state index is 12.9. The van der Waals surface area contributed by atoms with Crippen molar-refractivity contribution in [3.63, 3.8) is 0 Å². The molecular weight excluding hydrogens is 318 g/mol. The van der Waals surface area contributed by atoms with E-state index in [-0.39, 0.29) is 11.9 Å². The van der Waals surface area contributed by atoms with Crippen LogP contribution in [-0.2, 0) is 11.2 Å². The van der Waals surface area contributed by atoms with Crippen LogP contribution in [0.15, 0.2) is 48.7 Å². The molecule has 25 heavy (non-hydrogen) atoms. The Balaban J connectivity index is 1.67. The summed E-state index contributed by atoms with van der Waals surface area (Å²) in [5.41, 5.74) is 3.99. The summed E-state index contributed by atoms with van der Waals surface area (Å²) in [4.78, 5) is 34.9. The molecule has 1 aliphatic heterocycles. The lowest BCUT2D eigenvalue weighted by Gasteiger charge is -2.17. The Labute approximate surface area is 144 Å². The Morgan fingerprint density at radius 3 is 2.72 bits per heavy atom. The molecule has 0 saturated heterocycles. The van der Waals surface area contributed by atoms with Crippen LogP contribution in [0.1, 0.15) is 26.4 Å². The zero-order chi connectivity index (χ0) is 17.4. The number of carbonyl (C=O) groups is 2.